The third kappa shape index (κ3) is 3.84. The number of β-amino-alcohol motifs (C(OH)–C–C–N with tert-alkyl or cyclic N) is 1. The van der Waals surface area contributed by atoms with Gasteiger partial charge in [0.25, 0.3) is 5.91 Å². The molecule has 6 heteroatoms. The summed E-state index contributed by atoms with van der Waals surface area (Å²) in [6.07, 6.45) is 3.49. The molecule has 1 aromatic rings. The van der Waals surface area contributed by atoms with Gasteiger partial charge in [0, 0.05) is 31.2 Å². The smallest absolute Gasteiger partial charge is 0.253 e. The molecule has 1 amide bonds. The molecule has 0 radical (unpaired) electrons. The van der Waals surface area contributed by atoms with Crippen LogP contribution < -0.4 is 0 Å². The minimum absolute atomic E-state index is 0.0314. The average Bonchev–Trinajstić information content (AvgIpc) is 2.57. The highest BCUT2D eigenvalue weighted by molar-refractivity contribution is 6.30. The van der Waals surface area contributed by atoms with Crippen molar-refractivity contribution in [2.75, 3.05) is 26.2 Å². The molecule has 2 saturated heterocycles. The van der Waals surface area contributed by atoms with Gasteiger partial charge in [0.1, 0.15) is 5.82 Å². The fourth-order valence-corrected chi connectivity index (χ4v) is 3.68. The Balaban J connectivity index is 1.57. The largest absolute Gasteiger partial charge is 0.392 e. The van der Waals surface area contributed by atoms with Gasteiger partial charge < -0.3 is 10.0 Å². The predicted octanol–water partition coefficient (Wildman–Crippen LogP) is 2.54. The molecule has 2 aliphatic heterocycles. The molecule has 3 rings (SSSR count). The number of rotatable bonds is 2. The van der Waals surface area contributed by atoms with Gasteiger partial charge in [-0.2, -0.15) is 0 Å². The summed E-state index contributed by atoms with van der Waals surface area (Å²) >= 11 is 5.66. The monoisotopic (exact) mass is 340 g/mol. The van der Waals surface area contributed by atoms with Crippen LogP contribution >= 0.6 is 11.6 Å². The number of carbonyl (C=O) groups is 1. The number of piperidine rings is 2. The zero-order valence-corrected chi connectivity index (χ0v) is 13.8. The Morgan fingerprint density at radius 3 is 2.61 bits per heavy atom. The number of benzene rings is 1. The first-order valence-electron chi connectivity index (χ1n) is 8.21. The van der Waals surface area contributed by atoms with Gasteiger partial charge in [-0.1, -0.05) is 11.6 Å². The van der Waals surface area contributed by atoms with Gasteiger partial charge in [0.05, 0.1) is 11.1 Å². The van der Waals surface area contributed by atoms with E-state index in [1.54, 1.807) is 11.0 Å². The SMILES string of the molecule is O=C(c1ccc(Cl)c(F)c1)N1CCC(N2CCCC(O)C2)CC1. The highest BCUT2D eigenvalue weighted by atomic mass is 35.5. The van der Waals surface area contributed by atoms with Crippen molar-refractivity contribution in [3.8, 4) is 0 Å². The van der Waals surface area contributed by atoms with E-state index in [1.165, 1.54) is 12.1 Å². The number of aliphatic hydroxyl groups is 1. The summed E-state index contributed by atoms with van der Waals surface area (Å²) in [5.74, 6) is -0.701. The number of amides is 1. The van der Waals surface area contributed by atoms with E-state index in [0.29, 0.717) is 24.7 Å². The lowest BCUT2D eigenvalue weighted by Crippen LogP contribution is -2.50. The molecular weight excluding hydrogens is 319 g/mol. The maximum Gasteiger partial charge on any atom is 0.253 e. The summed E-state index contributed by atoms with van der Waals surface area (Å²) in [5, 5.41) is 9.83. The molecular formula is C17H22ClFN2O2. The van der Waals surface area contributed by atoms with Gasteiger partial charge in [-0.05, 0) is 50.4 Å². The first kappa shape index (κ1) is 16.7. The first-order chi connectivity index (χ1) is 11.0. The predicted molar refractivity (Wildman–Crippen MR) is 87.1 cm³/mol. The van der Waals surface area contributed by atoms with Gasteiger partial charge in [-0.25, -0.2) is 4.39 Å². The molecule has 23 heavy (non-hydrogen) atoms. The van der Waals surface area contributed by atoms with Crippen molar-refractivity contribution in [1.82, 2.24) is 9.80 Å². The number of carbonyl (C=O) groups excluding carboxylic acids is 1. The Morgan fingerprint density at radius 1 is 1.22 bits per heavy atom. The van der Waals surface area contributed by atoms with E-state index in [-0.39, 0.29) is 17.0 Å². The maximum atomic E-state index is 13.5. The fraction of sp³-hybridized carbons (Fsp3) is 0.588. The minimum atomic E-state index is -0.560. The number of hydrogen-bond acceptors (Lipinski definition) is 3. The Labute approximate surface area is 140 Å². The van der Waals surface area contributed by atoms with Crippen molar-refractivity contribution in [1.29, 1.82) is 0 Å². The van der Waals surface area contributed by atoms with Crippen LogP contribution in [0, 0.1) is 5.82 Å². The number of hydrogen-bond donors (Lipinski definition) is 1. The second-order valence-electron chi connectivity index (χ2n) is 6.44. The first-order valence-corrected chi connectivity index (χ1v) is 8.59. The number of nitrogens with zero attached hydrogens (tertiary/aromatic N) is 2. The average molecular weight is 341 g/mol. The second-order valence-corrected chi connectivity index (χ2v) is 6.85. The van der Waals surface area contributed by atoms with E-state index >= 15 is 0 Å². The second kappa shape index (κ2) is 7.16. The van der Waals surface area contributed by atoms with Crippen molar-refractivity contribution in [3.05, 3.63) is 34.6 Å². The number of likely N-dealkylation sites (tertiary alicyclic amines) is 2. The highest BCUT2D eigenvalue weighted by Gasteiger charge is 2.30. The van der Waals surface area contributed by atoms with Gasteiger partial charge >= 0.3 is 0 Å². The van der Waals surface area contributed by atoms with Gasteiger partial charge in [0.15, 0.2) is 0 Å². The number of aliphatic hydroxyl groups excluding tert-OH is 1. The molecule has 0 aromatic heterocycles. The third-order valence-electron chi connectivity index (χ3n) is 4.86. The lowest BCUT2D eigenvalue weighted by molar-refractivity contribution is 0.0240. The van der Waals surface area contributed by atoms with Crippen LogP contribution in [0.3, 0.4) is 0 Å². The van der Waals surface area contributed by atoms with Gasteiger partial charge in [-0.15, -0.1) is 0 Å². The lowest BCUT2D eigenvalue weighted by atomic mass is 9.98. The van der Waals surface area contributed by atoms with Crippen molar-refractivity contribution in [2.24, 2.45) is 0 Å². The summed E-state index contributed by atoms with van der Waals surface area (Å²) in [7, 11) is 0. The summed E-state index contributed by atoms with van der Waals surface area (Å²) in [6, 6.07) is 4.63. The summed E-state index contributed by atoms with van der Waals surface area (Å²) in [4.78, 5) is 16.6. The molecule has 0 spiro atoms. The topological polar surface area (TPSA) is 43.8 Å². The van der Waals surface area contributed by atoms with Crippen LogP contribution in [-0.2, 0) is 0 Å². The molecule has 126 valence electrons. The standard InChI is InChI=1S/C17H22ClFN2O2/c18-15-4-3-12(10-16(15)19)17(23)20-8-5-13(6-9-20)21-7-1-2-14(22)11-21/h3-4,10,13-14,22H,1-2,5-9,11H2. The molecule has 1 unspecified atom stereocenters. The highest BCUT2D eigenvalue weighted by Crippen LogP contribution is 2.23. The van der Waals surface area contributed by atoms with Gasteiger partial charge in [-0.3, -0.25) is 9.69 Å². The number of halogens is 2. The van der Waals surface area contributed by atoms with Crippen LogP contribution in [0.25, 0.3) is 0 Å². The van der Waals surface area contributed by atoms with Crippen molar-refractivity contribution in [2.45, 2.75) is 37.8 Å². The third-order valence-corrected chi connectivity index (χ3v) is 5.17. The van der Waals surface area contributed by atoms with Crippen LogP contribution in [0.4, 0.5) is 4.39 Å². The van der Waals surface area contributed by atoms with Gasteiger partial charge in [0.2, 0.25) is 0 Å². The summed E-state index contributed by atoms with van der Waals surface area (Å²) in [5.41, 5.74) is 0.346. The van der Waals surface area contributed by atoms with E-state index in [4.69, 9.17) is 11.6 Å². The quantitative estimate of drug-likeness (QED) is 0.899. The molecule has 0 bridgehead atoms. The zero-order chi connectivity index (χ0) is 16.4. The molecule has 4 nitrogen and oxygen atoms in total. The zero-order valence-electron chi connectivity index (χ0n) is 13.0. The lowest BCUT2D eigenvalue weighted by Gasteiger charge is -2.41. The Hall–Kier alpha value is -1.17. The molecule has 0 aliphatic carbocycles. The van der Waals surface area contributed by atoms with E-state index in [9.17, 15) is 14.3 Å². The maximum absolute atomic E-state index is 13.5. The minimum Gasteiger partial charge on any atom is -0.392 e. The fourth-order valence-electron chi connectivity index (χ4n) is 3.56. The Bertz CT molecular complexity index is 576. The van der Waals surface area contributed by atoms with Crippen molar-refractivity contribution in [3.63, 3.8) is 0 Å². The van der Waals surface area contributed by atoms with E-state index in [0.717, 1.165) is 38.8 Å². The molecule has 0 saturated carbocycles. The molecule has 2 aliphatic rings. The Morgan fingerprint density at radius 2 is 1.96 bits per heavy atom. The van der Waals surface area contributed by atoms with Crippen LogP contribution in [0.2, 0.25) is 5.02 Å². The summed E-state index contributed by atoms with van der Waals surface area (Å²) < 4.78 is 13.5. The van der Waals surface area contributed by atoms with Crippen LogP contribution in [0.1, 0.15) is 36.0 Å². The van der Waals surface area contributed by atoms with Crippen molar-refractivity contribution < 1.29 is 14.3 Å². The molecule has 1 aromatic carbocycles. The van der Waals surface area contributed by atoms with Crippen molar-refractivity contribution >= 4 is 17.5 Å². The van der Waals surface area contributed by atoms with Crippen LogP contribution in [0.15, 0.2) is 18.2 Å². The van der Waals surface area contributed by atoms with Crippen LogP contribution in [-0.4, -0.2) is 59.1 Å². The molecule has 2 heterocycles. The Kier molecular flexibility index (Phi) is 5.19. The summed E-state index contributed by atoms with van der Waals surface area (Å²) in [6.45, 7) is 3.10. The molecule has 1 atom stereocenters. The normalized spacial score (nSPS) is 24.0. The molecule has 2 fully saturated rings. The van der Waals surface area contributed by atoms with Crippen LogP contribution in [0.5, 0.6) is 0 Å². The molecule has 1 N–H and O–H groups in total. The van der Waals surface area contributed by atoms with E-state index < -0.39 is 5.82 Å². The van der Waals surface area contributed by atoms with E-state index in [2.05, 4.69) is 4.90 Å². The van der Waals surface area contributed by atoms with E-state index in [1.807, 2.05) is 0 Å².